The van der Waals surface area contributed by atoms with Crippen LogP contribution in [0.1, 0.15) is 12.8 Å². The molecule has 8 nitrogen and oxygen atoms in total. The van der Waals surface area contributed by atoms with E-state index in [0.717, 1.165) is 24.5 Å². The summed E-state index contributed by atoms with van der Waals surface area (Å²) >= 11 is 1.52. The van der Waals surface area contributed by atoms with Crippen molar-refractivity contribution in [2.45, 2.75) is 25.4 Å². The number of aromatic nitrogens is 6. The van der Waals surface area contributed by atoms with Gasteiger partial charge in [0.2, 0.25) is 5.13 Å². The van der Waals surface area contributed by atoms with Crippen molar-refractivity contribution in [2.75, 3.05) is 11.4 Å². The monoisotopic (exact) mass is 329 g/mol. The van der Waals surface area contributed by atoms with E-state index in [1.165, 1.54) is 16.0 Å². The number of imidazole rings is 1. The molecule has 9 heteroatoms. The topological polar surface area (TPSA) is 81.7 Å². The van der Waals surface area contributed by atoms with Gasteiger partial charge in [0.05, 0.1) is 12.6 Å². The Hall–Kier alpha value is -2.55. The largest absolute Gasteiger partial charge is 0.342 e. The van der Waals surface area contributed by atoms with E-state index in [1.54, 1.807) is 40.9 Å². The maximum Gasteiger partial charge on any atom is 0.266 e. The van der Waals surface area contributed by atoms with Gasteiger partial charge < -0.3 is 4.90 Å². The molecule has 0 saturated carbocycles. The van der Waals surface area contributed by atoms with Gasteiger partial charge in [0, 0.05) is 25.0 Å². The van der Waals surface area contributed by atoms with Gasteiger partial charge in [-0.1, -0.05) is 11.3 Å². The molecule has 1 saturated heterocycles. The molecule has 0 aromatic carbocycles. The molecule has 118 valence electrons. The first-order chi connectivity index (χ1) is 11.3. The molecule has 3 aromatic rings. The standard InChI is InChI=1S/C14H15N7OS/c22-13-4-3-12(19-7-5-15-9-19)18-21(13)8-11-2-1-6-20(11)14-17-16-10-23-14/h3-5,7,9-11H,1-2,6,8H2. The van der Waals surface area contributed by atoms with Crippen LogP contribution >= 0.6 is 11.3 Å². The van der Waals surface area contributed by atoms with Crippen molar-refractivity contribution in [3.05, 3.63) is 46.7 Å². The van der Waals surface area contributed by atoms with Gasteiger partial charge in [-0.05, 0) is 18.9 Å². The molecule has 1 aliphatic heterocycles. The lowest BCUT2D eigenvalue weighted by molar-refractivity contribution is 0.485. The van der Waals surface area contributed by atoms with Gasteiger partial charge in [0.15, 0.2) is 5.82 Å². The van der Waals surface area contributed by atoms with Crippen molar-refractivity contribution in [1.82, 2.24) is 29.5 Å². The Labute approximate surface area is 136 Å². The third kappa shape index (κ3) is 2.74. The quantitative estimate of drug-likeness (QED) is 0.709. The Kier molecular flexibility index (Phi) is 3.62. The number of nitrogens with zero attached hydrogens (tertiary/aromatic N) is 7. The minimum absolute atomic E-state index is 0.0991. The highest BCUT2D eigenvalue weighted by Crippen LogP contribution is 2.26. The molecular weight excluding hydrogens is 314 g/mol. The van der Waals surface area contributed by atoms with Gasteiger partial charge in [-0.3, -0.25) is 9.36 Å². The minimum atomic E-state index is -0.0991. The lowest BCUT2D eigenvalue weighted by Gasteiger charge is -2.23. The molecule has 1 atom stereocenters. The lowest BCUT2D eigenvalue weighted by atomic mass is 10.2. The second-order valence-corrected chi connectivity index (χ2v) is 6.20. The van der Waals surface area contributed by atoms with Crippen LogP contribution in [-0.2, 0) is 6.54 Å². The van der Waals surface area contributed by atoms with Gasteiger partial charge in [0.1, 0.15) is 11.8 Å². The van der Waals surface area contributed by atoms with Crippen molar-refractivity contribution < 1.29 is 0 Å². The summed E-state index contributed by atoms with van der Waals surface area (Å²) in [7, 11) is 0. The second kappa shape index (κ2) is 5.92. The fourth-order valence-corrected chi connectivity index (χ4v) is 3.53. The van der Waals surface area contributed by atoms with Crippen LogP contribution in [0.2, 0.25) is 0 Å². The average Bonchev–Trinajstić information content (AvgIpc) is 3.31. The molecule has 0 amide bonds. The van der Waals surface area contributed by atoms with E-state index >= 15 is 0 Å². The molecule has 0 N–H and O–H groups in total. The highest BCUT2D eigenvalue weighted by atomic mass is 32.1. The fourth-order valence-electron chi connectivity index (χ4n) is 2.87. The summed E-state index contributed by atoms with van der Waals surface area (Å²) < 4.78 is 3.31. The van der Waals surface area contributed by atoms with Crippen LogP contribution in [0.3, 0.4) is 0 Å². The van der Waals surface area contributed by atoms with Crippen LogP contribution in [-0.4, -0.2) is 42.1 Å². The van der Waals surface area contributed by atoms with Crippen molar-refractivity contribution in [1.29, 1.82) is 0 Å². The summed E-state index contributed by atoms with van der Waals surface area (Å²) in [5, 5.41) is 13.4. The second-order valence-electron chi connectivity index (χ2n) is 5.39. The van der Waals surface area contributed by atoms with E-state index in [4.69, 9.17) is 0 Å². The molecule has 3 aromatic heterocycles. The number of anilines is 1. The lowest BCUT2D eigenvalue weighted by Crippen LogP contribution is -2.37. The van der Waals surface area contributed by atoms with Crippen molar-refractivity contribution in [3.63, 3.8) is 0 Å². The Morgan fingerprint density at radius 3 is 3.09 bits per heavy atom. The van der Waals surface area contributed by atoms with Gasteiger partial charge in [-0.2, -0.15) is 5.10 Å². The van der Waals surface area contributed by atoms with Crippen molar-refractivity contribution in [3.8, 4) is 5.82 Å². The van der Waals surface area contributed by atoms with Crippen LogP contribution < -0.4 is 10.5 Å². The molecule has 1 unspecified atom stereocenters. The molecule has 4 heterocycles. The molecule has 23 heavy (non-hydrogen) atoms. The Morgan fingerprint density at radius 1 is 1.35 bits per heavy atom. The zero-order chi connectivity index (χ0) is 15.6. The molecule has 0 spiro atoms. The first-order valence-electron chi connectivity index (χ1n) is 7.40. The summed E-state index contributed by atoms with van der Waals surface area (Å²) in [6.45, 7) is 1.48. The van der Waals surface area contributed by atoms with Crippen LogP contribution in [0.4, 0.5) is 5.13 Å². The Morgan fingerprint density at radius 2 is 2.30 bits per heavy atom. The van der Waals surface area contributed by atoms with E-state index in [2.05, 4.69) is 25.2 Å². The van der Waals surface area contributed by atoms with E-state index in [9.17, 15) is 4.79 Å². The third-order valence-electron chi connectivity index (χ3n) is 3.98. The zero-order valence-electron chi connectivity index (χ0n) is 12.3. The average molecular weight is 329 g/mol. The first-order valence-corrected chi connectivity index (χ1v) is 8.28. The summed E-state index contributed by atoms with van der Waals surface area (Å²) in [6, 6.07) is 3.47. The molecular formula is C14H15N7OS. The van der Waals surface area contributed by atoms with Crippen LogP contribution in [0.25, 0.3) is 5.82 Å². The zero-order valence-corrected chi connectivity index (χ0v) is 13.1. The van der Waals surface area contributed by atoms with Gasteiger partial charge in [0.25, 0.3) is 5.56 Å². The highest BCUT2D eigenvalue weighted by Gasteiger charge is 2.27. The van der Waals surface area contributed by atoms with Gasteiger partial charge in [-0.15, -0.1) is 10.2 Å². The summed E-state index contributed by atoms with van der Waals surface area (Å²) in [6.07, 6.45) is 7.26. The predicted octanol–water partition coefficient (Wildman–Crippen LogP) is 0.949. The Bertz CT molecular complexity index is 827. The van der Waals surface area contributed by atoms with E-state index in [0.29, 0.717) is 12.4 Å². The molecule has 0 radical (unpaired) electrons. The molecule has 1 fully saturated rings. The molecule has 0 aliphatic carbocycles. The summed E-state index contributed by atoms with van der Waals surface area (Å²) in [4.78, 5) is 18.4. The first kappa shape index (κ1) is 14.1. The van der Waals surface area contributed by atoms with Crippen LogP contribution in [0, 0.1) is 0 Å². The van der Waals surface area contributed by atoms with Crippen LogP contribution in [0.5, 0.6) is 0 Å². The fraction of sp³-hybridized carbons (Fsp3) is 0.357. The van der Waals surface area contributed by atoms with E-state index < -0.39 is 0 Å². The summed E-state index contributed by atoms with van der Waals surface area (Å²) in [5.74, 6) is 0.683. The van der Waals surface area contributed by atoms with Crippen LogP contribution in [0.15, 0.2) is 41.2 Å². The molecule has 4 rings (SSSR count). The maximum absolute atomic E-state index is 12.2. The Balaban J connectivity index is 1.61. The summed E-state index contributed by atoms with van der Waals surface area (Å²) in [5.41, 5.74) is 1.63. The minimum Gasteiger partial charge on any atom is -0.342 e. The van der Waals surface area contributed by atoms with E-state index in [1.807, 2.05) is 0 Å². The van der Waals surface area contributed by atoms with E-state index in [-0.39, 0.29) is 11.6 Å². The third-order valence-corrected chi connectivity index (χ3v) is 4.70. The van der Waals surface area contributed by atoms with Gasteiger partial charge >= 0.3 is 0 Å². The van der Waals surface area contributed by atoms with Gasteiger partial charge in [-0.25, -0.2) is 9.67 Å². The SMILES string of the molecule is O=c1ccc(-n2ccnc2)nn1CC1CCCN1c1nncs1. The smallest absolute Gasteiger partial charge is 0.266 e. The highest BCUT2D eigenvalue weighted by molar-refractivity contribution is 7.13. The molecule has 1 aliphatic rings. The number of hydrogen-bond acceptors (Lipinski definition) is 7. The van der Waals surface area contributed by atoms with Crippen molar-refractivity contribution in [2.24, 2.45) is 0 Å². The number of rotatable bonds is 4. The van der Waals surface area contributed by atoms with Crippen molar-refractivity contribution >= 4 is 16.5 Å². The predicted molar refractivity (Wildman–Crippen MR) is 85.9 cm³/mol. The molecule has 0 bridgehead atoms. The normalized spacial score (nSPS) is 17.7. The maximum atomic E-state index is 12.2. The number of hydrogen-bond donors (Lipinski definition) is 0.